The second-order valence-corrected chi connectivity index (χ2v) is 5.79. The summed E-state index contributed by atoms with van der Waals surface area (Å²) in [4.78, 5) is 14.6. The van der Waals surface area contributed by atoms with E-state index >= 15 is 0 Å². The first-order valence-corrected chi connectivity index (χ1v) is 7.08. The lowest BCUT2D eigenvalue weighted by atomic mass is 10.00. The summed E-state index contributed by atoms with van der Waals surface area (Å²) in [5.74, 6) is 0.713. The van der Waals surface area contributed by atoms with E-state index in [9.17, 15) is 4.79 Å². The standard InChI is InChI=1S/C14H28N2O2/c1-6-15-13-9-18-8-12(13)14(17)16(11(4)5)7-10(2)3/h10-13,15H,6-9H2,1-5H3. The maximum atomic E-state index is 12.6. The molecule has 1 rings (SSSR count). The highest BCUT2D eigenvalue weighted by molar-refractivity contribution is 5.80. The molecule has 4 nitrogen and oxygen atoms in total. The van der Waals surface area contributed by atoms with Crippen molar-refractivity contribution < 1.29 is 9.53 Å². The number of likely N-dealkylation sites (N-methyl/N-ethyl adjacent to an activating group) is 1. The Hall–Kier alpha value is -0.610. The van der Waals surface area contributed by atoms with Gasteiger partial charge in [-0.25, -0.2) is 0 Å². The fourth-order valence-corrected chi connectivity index (χ4v) is 2.42. The van der Waals surface area contributed by atoms with E-state index in [1.165, 1.54) is 0 Å². The molecule has 0 saturated carbocycles. The van der Waals surface area contributed by atoms with Crippen LogP contribution in [0.25, 0.3) is 0 Å². The van der Waals surface area contributed by atoms with E-state index in [0.29, 0.717) is 19.1 Å². The number of ether oxygens (including phenoxy) is 1. The molecule has 0 spiro atoms. The Morgan fingerprint density at radius 1 is 1.33 bits per heavy atom. The van der Waals surface area contributed by atoms with Crippen molar-refractivity contribution in [1.29, 1.82) is 0 Å². The molecule has 0 radical (unpaired) electrons. The van der Waals surface area contributed by atoms with Crippen molar-refractivity contribution in [2.45, 2.75) is 46.7 Å². The largest absolute Gasteiger partial charge is 0.379 e. The summed E-state index contributed by atoms with van der Waals surface area (Å²) < 4.78 is 5.47. The Morgan fingerprint density at radius 3 is 2.50 bits per heavy atom. The van der Waals surface area contributed by atoms with Crippen molar-refractivity contribution in [3.05, 3.63) is 0 Å². The highest BCUT2D eigenvalue weighted by Gasteiger charge is 2.36. The second kappa shape index (κ2) is 7.10. The van der Waals surface area contributed by atoms with Crippen LogP contribution in [0.5, 0.6) is 0 Å². The lowest BCUT2D eigenvalue weighted by molar-refractivity contribution is -0.138. The van der Waals surface area contributed by atoms with Gasteiger partial charge in [0.15, 0.2) is 0 Å². The van der Waals surface area contributed by atoms with Crippen LogP contribution < -0.4 is 5.32 Å². The van der Waals surface area contributed by atoms with Crippen molar-refractivity contribution in [3.8, 4) is 0 Å². The first-order valence-electron chi connectivity index (χ1n) is 7.08. The van der Waals surface area contributed by atoms with Crippen LogP contribution in [0, 0.1) is 11.8 Å². The summed E-state index contributed by atoms with van der Waals surface area (Å²) in [7, 11) is 0. The third-order valence-corrected chi connectivity index (χ3v) is 3.33. The van der Waals surface area contributed by atoms with Crippen LogP contribution in [-0.2, 0) is 9.53 Å². The van der Waals surface area contributed by atoms with E-state index in [4.69, 9.17) is 4.74 Å². The summed E-state index contributed by atoms with van der Waals surface area (Å²) in [6.45, 7) is 13.4. The molecule has 1 amide bonds. The third kappa shape index (κ3) is 3.95. The van der Waals surface area contributed by atoms with Gasteiger partial charge < -0.3 is 15.0 Å². The Morgan fingerprint density at radius 2 is 2.00 bits per heavy atom. The summed E-state index contributed by atoms with van der Waals surface area (Å²) in [5.41, 5.74) is 0. The highest BCUT2D eigenvalue weighted by Crippen LogP contribution is 2.19. The van der Waals surface area contributed by atoms with E-state index in [1.807, 2.05) is 4.90 Å². The molecule has 1 N–H and O–H groups in total. The number of nitrogens with one attached hydrogen (secondary N) is 1. The predicted molar refractivity (Wildman–Crippen MR) is 73.5 cm³/mol. The van der Waals surface area contributed by atoms with Gasteiger partial charge in [0, 0.05) is 18.6 Å². The van der Waals surface area contributed by atoms with Crippen LogP contribution in [0.1, 0.15) is 34.6 Å². The number of nitrogens with zero attached hydrogens (tertiary/aromatic N) is 1. The molecule has 0 aromatic carbocycles. The van der Waals surface area contributed by atoms with Crippen molar-refractivity contribution >= 4 is 5.91 Å². The van der Waals surface area contributed by atoms with Gasteiger partial charge in [-0.1, -0.05) is 20.8 Å². The first-order chi connectivity index (χ1) is 8.47. The van der Waals surface area contributed by atoms with Gasteiger partial charge in [-0.05, 0) is 26.3 Å². The molecule has 1 aliphatic rings. The molecule has 2 atom stereocenters. The number of hydrogen-bond acceptors (Lipinski definition) is 3. The average Bonchev–Trinajstić information content (AvgIpc) is 2.73. The summed E-state index contributed by atoms with van der Waals surface area (Å²) >= 11 is 0. The summed E-state index contributed by atoms with van der Waals surface area (Å²) in [6, 6.07) is 0.429. The lowest BCUT2D eigenvalue weighted by Crippen LogP contribution is -2.49. The van der Waals surface area contributed by atoms with Crippen molar-refractivity contribution in [2.75, 3.05) is 26.3 Å². The number of rotatable bonds is 6. The number of hydrogen-bond donors (Lipinski definition) is 1. The molecule has 2 unspecified atom stereocenters. The van der Waals surface area contributed by atoms with Gasteiger partial charge in [-0.2, -0.15) is 0 Å². The van der Waals surface area contributed by atoms with E-state index in [1.54, 1.807) is 0 Å². The Balaban J connectivity index is 2.69. The molecular weight excluding hydrogens is 228 g/mol. The second-order valence-electron chi connectivity index (χ2n) is 5.79. The molecule has 106 valence electrons. The topological polar surface area (TPSA) is 41.6 Å². The zero-order valence-corrected chi connectivity index (χ0v) is 12.4. The molecule has 1 heterocycles. The fourth-order valence-electron chi connectivity index (χ4n) is 2.42. The zero-order valence-electron chi connectivity index (χ0n) is 12.4. The predicted octanol–water partition coefficient (Wildman–Crippen LogP) is 1.50. The van der Waals surface area contributed by atoms with Gasteiger partial charge in [0.25, 0.3) is 0 Å². The monoisotopic (exact) mass is 256 g/mol. The van der Waals surface area contributed by atoms with Crippen molar-refractivity contribution in [2.24, 2.45) is 11.8 Å². The third-order valence-electron chi connectivity index (χ3n) is 3.33. The molecule has 18 heavy (non-hydrogen) atoms. The lowest BCUT2D eigenvalue weighted by Gasteiger charge is -2.32. The number of amides is 1. The maximum Gasteiger partial charge on any atom is 0.229 e. The quantitative estimate of drug-likeness (QED) is 0.783. The van der Waals surface area contributed by atoms with Crippen LogP contribution >= 0.6 is 0 Å². The molecule has 0 bridgehead atoms. The van der Waals surface area contributed by atoms with Crippen LogP contribution in [0.2, 0.25) is 0 Å². The zero-order chi connectivity index (χ0) is 13.7. The molecule has 1 saturated heterocycles. The normalized spacial score (nSPS) is 23.9. The molecule has 0 aromatic rings. The van der Waals surface area contributed by atoms with Crippen LogP contribution in [0.15, 0.2) is 0 Å². The summed E-state index contributed by atoms with van der Waals surface area (Å²) in [6.07, 6.45) is 0. The average molecular weight is 256 g/mol. The first kappa shape index (κ1) is 15.4. The van der Waals surface area contributed by atoms with Gasteiger partial charge in [0.2, 0.25) is 5.91 Å². The molecule has 1 aliphatic heterocycles. The van der Waals surface area contributed by atoms with Crippen molar-refractivity contribution in [3.63, 3.8) is 0 Å². The van der Waals surface area contributed by atoms with Gasteiger partial charge in [0.05, 0.1) is 19.1 Å². The van der Waals surface area contributed by atoms with E-state index in [2.05, 4.69) is 39.9 Å². The van der Waals surface area contributed by atoms with E-state index in [-0.39, 0.29) is 23.9 Å². The Bertz CT molecular complexity index is 267. The van der Waals surface area contributed by atoms with Gasteiger partial charge in [-0.3, -0.25) is 4.79 Å². The van der Waals surface area contributed by atoms with Crippen LogP contribution in [0.3, 0.4) is 0 Å². The van der Waals surface area contributed by atoms with Gasteiger partial charge in [0.1, 0.15) is 0 Å². The number of carbonyl (C=O) groups is 1. The SMILES string of the molecule is CCNC1COCC1C(=O)N(CC(C)C)C(C)C. The van der Waals surface area contributed by atoms with Gasteiger partial charge >= 0.3 is 0 Å². The van der Waals surface area contributed by atoms with E-state index in [0.717, 1.165) is 13.1 Å². The summed E-state index contributed by atoms with van der Waals surface area (Å²) in [5, 5.41) is 3.35. The molecule has 0 aliphatic carbocycles. The van der Waals surface area contributed by atoms with Crippen LogP contribution in [0.4, 0.5) is 0 Å². The maximum absolute atomic E-state index is 12.6. The molecular formula is C14H28N2O2. The van der Waals surface area contributed by atoms with E-state index < -0.39 is 0 Å². The van der Waals surface area contributed by atoms with Crippen molar-refractivity contribution in [1.82, 2.24) is 10.2 Å². The highest BCUT2D eigenvalue weighted by atomic mass is 16.5. The Labute approximate surface area is 111 Å². The smallest absolute Gasteiger partial charge is 0.229 e. The minimum atomic E-state index is -0.0221. The minimum Gasteiger partial charge on any atom is -0.379 e. The number of carbonyl (C=O) groups excluding carboxylic acids is 1. The minimum absolute atomic E-state index is 0.0221. The molecule has 4 heteroatoms. The molecule has 1 fully saturated rings. The fraction of sp³-hybridized carbons (Fsp3) is 0.929. The molecule has 0 aromatic heterocycles. The van der Waals surface area contributed by atoms with Crippen LogP contribution in [-0.4, -0.2) is 49.2 Å². The van der Waals surface area contributed by atoms with Gasteiger partial charge in [-0.15, -0.1) is 0 Å². The Kier molecular flexibility index (Phi) is 6.09.